The zero-order valence-corrected chi connectivity index (χ0v) is 22.9. The second kappa shape index (κ2) is 10.8. The van der Waals surface area contributed by atoms with Crippen molar-refractivity contribution >= 4 is 39.6 Å². The summed E-state index contributed by atoms with van der Waals surface area (Å²) in [6.07, 6.45) is 9.63. The Balaban J connectivity index is 1.32. The number of nitriles is 1. The molecular formula is C30H20ClF2N9O. The van der Waals surface area contributed by atoms with Gasteiger partial charge >= 0.3 is 0 Å². The van der Waals surface area contributed by atoms with Gasteiger partial charge in [0.15, 0.2) is 5.82 Å². The van der Waals surface area contributed by atoms with Gasteiger partial charge in [-0.25, -0.2) is 19.0 Å². The number of hydrogen-bond donors (Lipinski definition) is 2. The van der Waals surface area contributed by atoms with Gasteiger partial charge in [0.25, 0.3) is 0 Å². The molecule has 0 amide bonds. The van der Waals surface area contributed by atoms with Crippen molar-refractivity contribution in [3.63, 3.8) is 0 Å². The normalized spacial score (nSPS) is 13.5. The van der Waals surface area contributed by atoms with Gasteiger partial charge in [-0.2, -0.15) is 9.65 Å². The monoisotopic (exact) mass is 595 g/mol. The van der Waals surface area contributed by atoms with Crippen molar-refractivity contribution in [2.45, 2.75) is 24.9 Å². The largest absolute Gasteiger partial charge is 0.445 e. The first kappa shape index (κ1) is 26.5. The highest BCUT2D eigenvalue weighted by atomic mass is 35.5. The first-order chi connectivity index (χ1) is 21.0. The molecule has 212 valence electrons. The van der Waals surface area contributed by atoms with E-state index in [2.05, 4.69) is 42.0 Å². The molecule has 7 rings (SSSR count). The maximum Gasteiger partial charge on any atom is 0.249 e. The molecule has 2 aromatic carbocycles. The predicted molar refractivity (Wildman–Crippen MR) is 155 cm³/mol. The van der Waals surface area contributed by atoms with E-state index in [0.717, 1.165) is 36.2 Å². The summed E-state index contributed by atoms with van der Waals surface area (Å²) >= 11 is 6.71. The van der Waals surface area contributed by atoms with Crippen LogP contribution in [0.4, 0.5) is 25.8 Å². The van der Waals surface area contributed by atoms with Gasteiger partial charge in [-0.05, 0) is 42.7 Å². The van der Waals surface area contributed by atoms with E-state index in [4.69, 9.17) is 16.0 Å². The van der Waals surface area contributed by atoms with Crippen LogP contribution >= 0.6 is 11.6 Å². The fourth-order valence-electron chi connectivity index (χ4n) is 4.85. The lowest BCUT2D eigenvalue weighted by Crippen LogP contribution is -2.13. The number of halogens is 3. The van der Waals surface area contributed by atoms with Gasteiger partial charge in [0.2, 0.25) is 11.8 Å². The molecule has 10 nitrogen and oxygen atoms in total. The maximum absolute atomic E-state index is 13.9. The molecule has 43 heavy (non-hydrogen) atoms. The van der Waals surface area contributed by atoms with E-state index in [1.165, 1.54) is 12.5 Å². The first-order valence-corrected chi connectivity index (χ1v) is 13.6. The number of aromatic nitrogens is 6. The predicted octanol–water partition coefficient (Wildman–Crippen LogP) is 6.96. The van der Waals surface area contributed by atoms with Crippen LogP contribution in [0.2, 0.25) is 5.02 Å². The smallest absolute Gasteiger partial charge is 0.249 e. The number of nitrogens with zero attached hydrogens (tertiary/aromatic N) is 7. The highest BCUT2D eigenvalue weighted by Crippen LogP contribution is 2.38. The zero-order valence-electron chi connectivity index (χ0n) is 22.2. The number of pyridine rings is 2. The average molecular weight is 596 g/mol. The van der Waals surface area contributed by atoms with E-state index in [1.807, 2.05) is 35.1 Å². The Morgan fingerprint density at radius 2 is 1.95 bits per heavy atom. The fraction of sp³-hybridized carbons (Fsp3) is 0.133. The third-order valence-electron chi connectivity index (χ3n) is 7.07. The number of hydrogen-bond acceptors (Lipinski definition) is 9. The number of benzene rings is 2. The minimum atomic E-state index is -1.23. The molecule has 0 saturated heterocycles. The summed E-state index contributed by atoms with van der Waals surface area (Å²) in [5.74, 6) is -1.87. The second-order valence-corrected chi connectivity index (χ2v) is 10.4. The first-order valence-electron chi connectivity index (χ1n) is 13.3. The Morgan fingerprint density at radius 3 is 2.72 bits per heavy atom. The molecule has 0 aliphatic heterocycles. The van der Waals surface area contributed by atoms with E-state index < -0.39 is 17.8 Å². The van der Waals surface area contributed by atoms with Crippen molar-refractivity contribution in [2.24, 2.45) is 0 Å². The van der Waals surface area contributed by atoms with E-state index >= 15 is 0 Å². The van der Waals surface area contributed by atoms with Crippen LogP contribution in [0.3, 0.4) is 0 Å². The number of fused-ring (bicyclic) bond motifs is 1. The molecule has 0 spiro atoms. The minimum Gasteiger partial charge on any atom is -0.445 e. The SMILES string of the molecule is N#Cc1cnc2c(Cl)cc(NC(c3cccc(-c4ncco4)c3)c3cn(C4CC4)nn3)cc2c1Nc1cnc(F)c(F)c1. The Bertz CT molecular complexity index is 2020. The standard InChI is InChI=1S/C30H20ClF2N9O/c31-23-10-19(9-22-26(18(12-34)13-36-28(22)23)39-20-11-24(32)29(33)37-14-20)38-27(25-15-42(41-40-25)21-4-5-21)16-2-1-3-17(8-16)30-35-6-7-43-30/h1-3,6-11,13-15,21,27,38H,4-5H2,(H,36,39). The molecule has 1 unspecified atom stereocenters. The lowest BCUT2D eigenvalue weighted by molar-refractivity contribution is 0.480. The van der Waals surface area contributed by atoms with Crippen LogP contribution in [0, 0.1) is 23.1 Å². The van der Waals surface area contributed by atoms with Gasteiger partial charge in [-0.3, -0.25) is 4.98 Å². The Hall–Kier alpha value is -5.41. The zero-order chi connectivity index (χ0) is 29.5. The lowest BCUT2D eigenvalue weighted by Gasteiger charge is -2.20. The molecule has 4 heterocycles. The quantitative estimate of drug-likeness (QED) is 0.179. The molecular weight excluding hydrogens is 576 g/mol. The van der Waals surface area contributed by atoms with Crippen molar-refractivity contribution < 1.29 is 13.2 Å². The van der Waals surface area contributed by atoms with Crippen LogP contribution < -0.4 is 10.6 Å². The highest BCUT2D eigenvalue weighted by molar-refractivity contribution is 6.36. The Kier molecular flexibility index (Phi) is 6.64. The van der Waals surface area contributed by atoms with Crippen LogP contribution in [0.15, 0.2) is 77.9 Å². The van der Waals surface area contributed by atoms with Gasteiger partial charge in [-0.1, -0.05) is 28.9 Å². The minimum absolute atomic E-state index is 0.148. The summed E-state index contributed by atoms with van der Waals surface area (Å²) in [5.41, 5.74) is 3.97. The van der Waals surface area contributed by atoms with Crippen LogP contribution in [0.1, 0.15) is 41.7 Å². The van der Waals surface area contributed by atoms with Gasteiger partial charge in [0.05, 0.1) is 58.2 Å². The Morgan fingerprint density at radius 1 is 1.07 bits per heavy atom. The molecule has 6 aromatic rings. The summed E-state index contributed by atoms with van der Waals surface area (Å²) in [6, 6.07) is 14.2. The van der Waals surface area contributed by atoms with E-state index in [9.17, 15) is 14.0 Å². The summed E-state index contributed by atoms with van der Waals surface area (Å²) in [5, 5.41) is 26.0. The summed E-state index contributed by atoms with van der Waals surface area (Å²) < 4.78 is 34.8. The number of oxazole rings is 1. The van der Waals surface area contributed by atoms with Gasteiger partial charge in [-0.15, -0.1) is 5.10 Å². The van der Waals surface area contributed by atoms with Crippen molar-refractivity contribution in [1.29, 1.82) is 5.26 Å². The average Bonchev–Trinajstić information content (AvgIpc) is 3.49. The molecule has 1 fully saturated rings. The van der Waals surface area contributed by atoms with Crippen molar-refractivity contribution in [3.05, 3.63) is 107 Å². The molecule has 0 radical (unpaired) electrons. The van der Waals surface area contributed by atoms with Gasteiger partial charge in [0, 0.05) is 28.9 Å². The molecule has 2 N–H and O–H groups in total. The highest BCUT2D eigenvalue weighted by Gasteiger charge is 2.27. The van der Waals surface area contributed by atoms with E-state index in [-0.39, 0.29) is 11.3 Å². The topological polar surface area (TPSA) is 130 Å². The number of nitrogens with one attached hydrogen (secondary N) is 2. The summed E-state index contributed by atoms with van der Waals surface area (Å²) in [6.45, 7) is 0. The summed E-state index contributed by atoms with van der Waals surface area (Å²) in [4.78, 5) is 12.1. The molecule has 1 saturated carbocycles. The second-order valence-electron chi connectivity index (χ2n) is 10.0. The van der Waals surface area contributed by atoms with Crippen molar-refractivity contribution in [2.75, 3.05) is 10.6 Å². The molecule has 1 aliphatic carbocycles. The van der Waals surface area contributed by atoms with Crippen molar-refractivity contribution in [1.82, 2.24) is 29.9 Å². The Labute approximate surface area is 248 Å². The van der Waals surface area contributed by atoms with Crippen LogP contribution in [-0.2, 0) is 0 Å². The molecule has 4 aromatic heterocycles. The number of rotatable bonds is 8. The van der Waals surface area contributed by atoms with Gasteiger partial charge < -0.3 is 15.1 Å². The lowest BCUT2D eigenvalue weighted by atomic mass is 10.0. The van der Waals surface area contributed by atoms with Crippen LogP contribution in [0.5, 0.6) is 0 Å². The molecule has 0 bridgehead atoms. The number of anilines is 3. The maximum atomic E-state index is 13.9. The molecule has 1 atom stereocenters. The van der Waals surface area contributed by atoms with Crippen LogP contribution in [-0.4, -0.2) is 29.9 Å². The third-order valence-corrected chi connectivity index (χ3v) is 7.35. The summed E-state index contributed by atoms with van der Waals surface area (Å²) in [7, 11) is 0. The molecule has 1 aliphatic rings. The van der Waals surface area contributed by atoms with Crippen LogP contribution in [0.25, 0.3) is 22.4 Å². The fourth-order valence-corrected chi connectivity index (χ4v) is 5.12. The van der Waals surface area contributed by atoms with E-state index in [0.29, 0.717) is 44.9 Å². The van der Waals surface area contributed by atoms with Crippen molar-refractivity contribution in [3.8, 4) is 17.5 Å². The van der Waals surface area contributed by atoms with Gasteiger partial charge in [0.1, 0.15) is 18.0 Å². The van der Waals surface area contributed by atoms with E-state index in [1.54, 1.807) is 18.3 Å². The molecule has 13 heteroatoms. The third kappa shape index (κ3) is 5.22.